The zero-order valence-electron chi connectivity index (χ0n) is 26.9. The van der Waals surface area contributed by atoms with Crippen LogP contribution in [0.5, 0.6) is 5.75 Å². The quantitative estimate of drug-likeness (QED) is 0.171. The fraction of sp³-hybridized carbons (Fsp3) is 0.400. The van der Waals surface area contributed by atoms with Gasteiger partial charge in [0.15, 0.2) is 8.32 Å². The summed E-state index contributed by atoms with van der Waals surface area (Å²) in [5, 5.41) is 4.72. The van der Waals surface area contributed by atoms with Crippen LogP contribution >= 0.6 is 0 Å². The van der Waals surface area contributed by atoms with Crippen LogP contribution in [-0.2, 0) is 13.2 Å². The summed E-state index contributed by atoms with van der Waals surface area (Å²) < 4.78 is 36.8. The Labute approximate surface area is 265 Å². The van der Waals surface area contributed by atoms with Crippen molar-refractivity contribution < 1.29 is 23.1 Å². The summed E-state index contributed by atoms with van der Waals surface area (Å²) >= 11 is 0. The van der Waals surface area contributed by atoms with Crippen LogP contribution in [0.3, 0.4) is 0 Å². The molecule has 1 N–H and O–H groups in total. The smallest absolute Gasteiger partial charge is 0.272 e. The summed E-state index contributed by atoms with van der Waals surface area (Å²) in [5.74, 6) is -0.663. The maximum atomic E-state index is 14.7. The van der Waals surface area contributed by atoms with Gasteiger partial charge >= 0.3 is 0 Å². The lowest BCUT2D eigenvalue weighted by Gasteiger charge is -2.36. The summed E-state index contributed by atoms with van der Waals surface area (Å²) in [4.78, 5) is 30.7. The molecule has 5 rings (SSSR count). The third-order valence-electron chi connectivity index (χ3n) is 9.19. The second-order valence-corrected chi connectivity index (χ2v) is 17.8. The molecular formula is C35H42F2N4O3Si. The first-order valence-corrected chi connectivity index (χ1v) is 18.5. The van der Waals surface area contributed by atoms with E-state index >= 15 is 0 Å². The first-order chi connectivity index (χ1) is 21.3. The van der Waals surface area contributed by atoms with Gasteiger partial charge in [0, 0.05) is 42.2 Å². The van der Waals surface area contributed by atoms with E-state index in [1.807, 2.05) is 56.1 Å². The number of hydrogen-bond acceptors (Lipinski definition) is 5. The molecule has 1 aliphatic heterocycles. The highest BCUT2D eigenvalue weighted by atomic mass is 28.4. The van der Waals surface area contributed by atoms with E-state index in [1.54, 1.807) is 29.2 Å². The number of ether oxygens (including phenoxy) is 1. The summed E-state index contributed by atoms with van der Waals surface area (Å²) in [6, 6.07) is 13.4. The molecule has 3 heterocycles. The molecule has 0 atom stereocenters. The van der Waals surface area contributed by atoms with Crippen LogP contribution in [0.1, 0.15) is 68.1 Å². The van der Waals surface area contributed by atoms with Crippen molar-refractivity contribution in [3.05, 3.63) is 89.4 Å². The summed E-state index contributed by atoms with van der Waals surface area (Å²) in [5.41, 5.74) is 4.06. The lowest BCUT2D eigenvalue weighted by Crippen LogP contribution is -2.42. The molecule has 10 heteroatoms. The largest absolute Gasteiger partial charge is 0.489 e. The molecule has 1 aliphatic rings. The zero-order chi connectivity index (χ0) is 32.5. The first-order valence-electron chi connectivity index (χ1n) is 15.5. The van der Waals surface area contributed by atoms with Crippen LogP contribution in [0.15, 0.2) is 60.9 Å². The van der Waals surface area contributed by atoms with Gasteiger partial charge in [-0.1, -0.05) is 39.8 Å². The molecule has 1 amide bonds. The number of amides is 1. The van der Waals surface area contributed by atoms with Gasteiger partial charge in [-0.15, -0.1) is 0 Å². The van der Waals surface area contributed by atoms with Gasteiger partial charge in [-0.25, -0.2) is 8.78 Å². The van der Waals surface area contributed by atoms with Crippen molar-refractivity contribution >= 4 is 14.2 Å². The van der Waals surface area contributed by atoms with E-state index in [-0.39, 0.29) is 29.0 Å². The topological polar surface area (TPSA) is 80.5 Å². The predicted octanol–water partition coefficient (Wildman–Crippen LogP) is 7.81. The molecule has 238 valence electrons. The van der Waals surface area contributed by atoms with Crippen LogP contribution in [-0.4, -0.2) is 51.8 Å². The Bertz CT molecular complexity index is 1670. The van der Waals surface area contributed by atoms with Gasteiger partial charge in [-0.3, -0.25) is 14.5 Å². The fourth-order valence-corrected chi connectivity index (χ4v) is 6.35. The highest BCUT2D eigenvalue weighted by molar-refractivity contribution is 6.72. The van der Waals surface area contributed by atoms with E-state index < -0.39 is 20.0 Å². The van der Waals surface area contributed by atoms with Gasteiger partial charge < -0.3 is 14.4 Å². The number of halogens is 2. The standard InChI is InChI=1S/C35H42F2N4O3Si/c1-23(2)28-21-29(36)26(20-30(28)37)22-44-27-10-8-24(9-11-27)31-32(25-12-15-38-16-13-25)39-41-19-18-40(34(42)33(31)41)17-7-14-35(3,4)45(5,6)43/h8-13,15-16,20-21,23,43H,7,14,17-19,22H2,1-6H3. The fourth-order valence-electron chi connectivity index (χ4n) is 5.56. The van der Waals surface area contributed by atoms with Crippen molar-refractivity contribution in [1.29, 1.82) is 0 Å². The molecule has 7 nitrogen and oxygen atoms in total. The zero-order valence-corrected chi connectivity index (χ0v) is 27.9. The van der Waals surface area contributed by atoms with Gasteiger partial charge in [-0.2, -0.15) is 5.10 Å². The average molecular weight is 633 g/mol. The minimum Gasteiger partial charge on any atom is -0.489 e. The molecule has 0 bridgehead atoms. The summed E-state index contributed by atoms with van der Waals surface area (Å²) in [6.07, 6.45) is 5.03. The molecule has 0 aliphatic carbocycles. The van der Waals surface area contributed by atoms with E-state index in [0.29, 0.717) is 42.3 Å². The Balaban J connectivity index is 1.40. The highest BCUT2D eigenvalue weighted by Gasteiger charge is 2.38. The predicted molar refractivity (Wildman–Crippen MR) is 175 cm³/mol. The lowest BCUT2D eigenvalue weighted by atomic mass is 9.98. The van der Waals surface area contributed by atoms with Crippen molar-refractivity contribution in [2.75, 3.05) is 13.1 Å². The molecule has 2 aromatic carbocycles. The van der Waals surface area contributed by atoms with E-state index in [4.69, 9.17) is 9.84 Å². The number of carbonyl (C=O) groups is 1. The number of fused-ring (bicyclic) bond motifs is 1. The van der Waals surface area contributed by atoms with E-state index in [2.05, 4.69) is 18.8 Å². The Hall–Kier alpha value is -3.89. The molecule has 0 unspecified atom stereocenters. The van der Waals surface area contributed by atoms with E-state index in [1.165, 1.54) is 12.1 Å². The Morgan fingerprint density at radius 2 is 1.69 bits per heavy atom. The maximum Gasteiger partial charge on any atom is 0.272 e. The minimum atomic E-state index is -2.34. The Kier molecular flexibility index (Phi) is 9.28. The third-order valence-corrected chi connectivity index (χ3v) is 12.8. The van der Waals surface area contributed by atoms with Crippen molar-refractivity contribution in [1.82, 2.24) is 19.7 Å². The number of benzene rings is 2. The molecular weight excluding hydrogens is 590 g/mol. The molecule has 4 aromatic rings. The van der Waals surface area contributed by atoms with Gasteiger partial charge in [0.2, 0.25) is 0 Å². The SMILES string of the molecule is CC(C)c1cc(F)c(COc2ccc(-c3c(-c4ccncc4)nn4c3C(=O)N(CCCC(C)(C)[Si](C)(C)O)CC4)cc2)cc1F. The highest BCUT2D eigenvalue weighted by Crippen LogP contribution is 2.41. The van der Waals surface area contributed by atoms with Crippen LogP contribution < -0.4 is 4.74 Å². The van der Waals surface area contributed by atoms with Crippen molar-refractivity contribution in [2.24, 2.45) is 0 Å². The molecule has 2 aromatic heterocycles. The van der Waals surface area contributed by atoms with Crippen molar-refractivity contribution in [3.63, 3.8) is 0 Å². The monoisotopic (exact) mass is 632 g/mol. The van der Waals surface area contributed by atoms with E-state index in [9.17, 15) is 18.4 Å². The molecule has 0 saturated heterocycles. The van der Waals surface area contributed by atoms with Crippen molar-refractivity contribution in [2.45, 2.75) is 77.7 Å². The third kappa shape index (κ3) is 6.87. The molecule has 0 radical (unpaired) electrons. The normalized spacial score (nSPS) is 13.8. The number of nitrogens with zero attached hydrogens (tertiary/aromatic N) is 4. The van der Waals surface area contributed by atoms with E-state index in [0.717, 1.165) is 29.5 Å². The average Bonchev–Trinajstić information content (AvgIpc) is 3.39. The summed E-state index contributed by atoms with van der Waals surface area (Å²) in [7, 11) is -2.34. The second-order valence-electron chi connectivity index (χ2n) is 13.3. The lowest BCUT2D eigenvalue weighted by molar-refractivity contribution is 0.0694. The van der Waals surface area contributed by atoms with Crippen LogP contribution in [0.25, 0.3) is 22.4 Å². The minimum absolute atomic E-state index is 0.0787. The van der Waals surface area contributed by atoms with Crippen LogP contribution in [0.4, 0.5) is 8.78 Å². The van der Waals surface area contributed by atoms with Gasteiger partial charge in [0.1, 0.15) is 35.4 Å². The van der Waals surface area contributed by atoms with Gasteiger partial charge in [0.05, 0.1) is 6.54 Å². The van der Waals surface area contributed by atoms with Gasteiger partial charge in [-0.05, 0) is 84.4 Å². The summed E-state index contributed by atoms with van der Waals surface area (Å²) in [6.45, 7) is 13.4. The van der Waals surface area contributed by atoms with Crippen LogP contribution in [0, 0.1) is 11.6 Å². The number of aromatic nitrogens is 3. The first kappa shape index (κ1) is 32.5. The van der Waals surface area contributed by atoms with Crippen LogP contribution in [0.2, 0.25) is 18.1 Å². The van der Waals surface area contributed by atoms with Crippen molar-refractivity contribution in [3.8, 4) is 28.1 Å². The Morgan fingerprint density at radius 3 is 2.33 bits per heavy atom. The molecule has 45 heavy (non-hydrogen) atoms. The van der Waals surface area contributed by atoms with Gasteiger partial charge in [0.25, 0.3) is 5.91 Å². The number of rotatable bonds is 11. The molecule has 0 saturated carbocycles. The molecule has 0 spiro atoms. The molecule has 0 fully saturated rings. The number of carbonyl (C=O) groups excluding carboxylic acids is 1. The maximum absolute atomic E-state index is 14.7. The second kappa shape index (κ2) is 12.8. The number of pyridine rings is 1. The Morgan fingerprint density at radius 1 is 1.00 bits per heavy atom. The number of hydrogen-bond donors (Lipinski definition) is 1.